The maximum atomic E-state index is 10.1. The smallest absolute Gasteiger partial charge is 0.161 e. The van der Waals surface area contributed by atoms with Gasteiger partial charge in [-0.05, 0) is 61.2 Å². The first-order chi connectivity index (χ1) is 12.2. The summed E-state index contributed by atoms with van der Waals surface area (Å²) in [6.45, 7) is 5.99. The van der Waals surface area contributed by atoms with Gasteiger partial charge in [0.2, 0.25) is 0 Å². The Morgan fingerprint density at radius 2 is 1.73 bits per heavy atom. The first kappa shape index (κ1) is 20.2. The number of benzene rings is 2. The maximum Gasteiger partial charge on any atom is 0.161 e. The summed E-state index contributed by atoms with van der Waals surface area (Å²) in [5, 5.41) is 13.7. The number of hydrogen-bond donors (Lipinski definition) is 2. The van der Waals surface area contributed by atoms with Crippen LogP contribution in [0.2, 0.25) is 0 Å². The van der Waals surface area contributed by atoms with Crippen molar-refractivity contribution < 1.29 is 19.3 Å². The summed E-state index contributed by atoms with van der Waals surface area (Å²) in [6.07, 6.45) is 0.931. The predicted molar refractivity (Wildman–Crippen MR) is 104 cm³/mol. The zero-order chi connectivity index (χ0) is 17.8. The Morgan fingerprint density at radius 3 is 2.35 bits per heavy atom. The number of halogens is 1. The van der Waals surface area contributed by atoms with Crippen LogP contribution in [-0.2, 0) is 6.42 Å². The summed E-state index contributed by atoms with van der Waals surface area (Å²) in [7, 11) is 1.55. The second-order valence-electron chi connectivity index (χ2n) is 5.93. The van der Waals surface area contributed by atoms with Crippen molar-refractivity contribution in [1.29, 1.82) is 0 Å². The molecule has 3 rings (SSSR count). The van der Waals surface area contributed by atoms with E-state index in [4.69, 9.17) is 14.2 Å². The SMILES string of the molecule is CCOc1cc2c(cc1OCC)C(c1ccc(OC)c(O)c1)NCC2.Cl. The third-order valence-corrected chi connectivity index (χ3v) is 4.40. The number of hydrogen-bond acceptors (Lipinski definition) is 5. The molecule has 0 spiro atoms. The number of methoxy groups -OCH3 is 1. The number of nitrogens with one attached hydrogen (secondary N) is 1. The van der Waals surface area contributed by atoms with Gasteiger partial charge in [0, 0.05) is 6.54 Å². The Morgan fingerprint density at radius 1 is 1.04 bits per heavy atom. The summed E-state index contributed by atoms with van der Waals surface area (Å²) in [5.41, 5.74) is 3.39. The molecule has 0 saturated heterocycles. The lowest BCUT2D eigenvalue weighted by molar-refractivity contribution is 0.286. The second kappa shape index (κ2) is 9.01. The van der Waals surface area contributed by atoms with Gasteiger partial charge >= 0.3 is 0 Å². The van der Waals surface area contributed by atoms with Gasteiger partial charge in [-0.1, -0.05) is 6.07 Å². The van der Waals surface area contributed by atoms with Crippen molar-refractivity contribution in [3.8, 4) is 23.0 Å². The topological polar surface area (TPSA) is 60.0 Å². The fraction of sp³-hybridized carbons (Fsp3) is 0.400. The van der Waals surface area contributed by atoms with Gasteiger partial charge in [-0.2, -0.15) is 0 Å². The van der Waals surface area contributed by atoms with Crippen LogP contribution in [0.15, 0.2) is 30.3 Å². The molecule has 1 aliphatic heterocycles. The molecule has 0 saturated carbocycles. The predicted octanol–water partition coefficient (Wildman–Crippen LogP) is 3.86. The maximum absolute atomic E-state index is 10.1. The fourth-order valence-corrected chi connectivity index (χ4v) is 3.28. The number of phenolic OH excluding ortho intramolecular Hbond substituents is 1. The number of rotatable bonds is 6. The molecule has 6 heteroatoms. The van der Waals surface area contributed by atoms with Crippen LogP contribution in [0.25, 0.3) is 0 Å². The fourth-order valence-electron chi connectivity index (χ4n) is 3.28. The average molecular weight is 380 g/mol. The minimum Gasteiger partial charge on any atom is -0.504 e. The monoisotopic (exact) mass is 379 g/mol. The van der Waals surface area contributed by atoms with Crippen molar-refractivity contribution in [3.63, 3.8) is 0 Å². The first-order valence-electron chi connectivity index (χ1n) is 8.70. The Labute approximate surface area is 160 Å². The number of phenols is 1. The molecule has 2 aromatic rings. The van der Waals surface area contributed by atoms with Crippen LogP contribution in [0.1, 0.15) is 36.6 Å². The summed E-state index contributed by atoms with van der Waals surface area (Å²) in [4.78, 5) is 0. The molecule has 0 fully saturated rings. The molecule has 1 unspecified atom stereocenters. The van der Waals surface area contributed by atoms with Crippen molar-refractivity contribution >= 4 is 12.4 Å². The quantitative estimate of drug-likeness (QED) is 0.798. The second-order valence-corrected chi connectivity index (χ2v) is 5.93. The highest BCUT2D eigenvalue weighted by Crippen LogP contribution is 2.39. The van der Waals surface area contributed by atoms with Crippen molar-refractivity contribution in [2.24, 2.45) is 0 Å². The highest BCUT2D eigenvalue weighted by Gasteiger charge is 2.24. The standard InChI is InChI=1S/C20H25NO4.ClH/c1-4-24-18-11-13-8-9-21-20(15(13)12-19(18)25-5-2)14-6-7-17(23-3)16(22)10-14;/h6-7,10-12,20-22H,4-5,8-9H2,1-3H3;1H. The van der Waals surface area contributed by atoms with Gasteiger partial charge in [0.25, 0.3) is 0 Å². The van der Waals surface area contributed by atoms with Crippen molar-refractivity contribution in [2.45, 2.75) is 26.3 Å². The van der Waals surface area contributed by atoms with E-state index < -0.39 is 0 Å². The van der Waals surface area contributed by atoms with E-state index in [-0.39, 0.29) is 24.2 Å². The molecule has 0 amide bonds. The van der Waals surface area contributed by atoms with Crippen LogP contribution in [0.5, 0.6) is 23.0 Å². The Balaban J connectivity index is 0.00000243. The Bertz CT molecular complexity index is 751. The van der Waals surface area contributed by atoms with Crippen LogP contribution in [0, 0.1) is 0 Å². The number of fused-ring (bicyclic) bond motifs is 1. The van der Waals surface area contributed by atoms with Crippen molar-refractivity contribution in [3.05, 3.63) is 47.0 Å². The molecule has 2 aromatic carbocycles. The molecule has 1 heterocycles. The van der Waals surface area contributed by atoms with E-state index in [1.807, 2.05) is 19.9 Å². The molecular formula is C20H26ClNO4. The van der Waals surface area contributed by atoms with Crippen molar-refractivity contribution in [2.75, 3.05) is 26.9 Å². The minimum atomic E-state index is -0.00422. The Hall–Kier alpha value is -2.11. The average Bonchev–Trinajstić information content (AvgIpc) is 2.62. The van der Waals surface area contributed by atoms with E-state index in [2.05, 4.69) is 17.4 Å². The van der Waals surface area contributed by atoms with Crippen LogP contribution >= 0.6 is 12.4 Å². The third-order valence-electron chi connectivity index (χ3n) is 4.40. The number of aromatic hydroxyl groups is 1. The summed E-state index contributed by atoms with van der Waals surface area (Å²) in [5.74, 6) is 2.17. The highest BCUT2D eigenvalue weighted by atomic mass is 35.5. The lowest BCUT2D eigenvalue weighted by Gasteiger charge is -2.29. The summed E-state index contributed by atoms with van der Waals surface area (Å²) < 4.78 is 16.7. The van der Waals surface area contributed by atoms with Crippen LogP contribution in [0.3, 0.4) is 0 Å². The molecule has 1 aliphatic rings. The molecule has 0 aliphatic carbocycles. The molecule has 5 nitrogen and oxygen atoms in total. The first-order valence-corrected chi connectivity index (χ1v) is 8.70. The van der Waals surface area contributed by atoms with Gasteiger partial charge < -0.3 is 24.6 Å². The molecular weight excluding hydrogens is 354 g/mol. The zero-order valence-corrected chi connectivity index (χ0v) is 16.2. The van der Waals surface area contributed by atoms with Crippen molar-refractivity contribution in [1.82, 2.24) is 5.32 Å². The van der Waals surface area contributed by atoms with Gasteiger partial charge in [-0.15, -0.1) is 12.4 Å². The zero-order valence-electron chi connectivity index (χ0n) is 15.4. The highest BCUT2D eigenvalue weighted by molar-refractivity contribution is 5.85. The molecule has 0 radical (unpaired) electrons. The molecule has 26 heavy (non-hydrogen) atoms. The van der Waals surface area contributed by atoms with Gasteiger partial charge in [0.05, 0.1) is 26.4 Å². The minimum absolute atomic E-state index is 0. The molecule has 142 valence electrons. The van der Waals surface area contributed by atoms with E-state index in [9.17, 15) is 5.11 Å². The largest absolute Gasteiger partial charge is 0.504 e. The van der Waals surface area contributed by atoms with E-state index >= 15 is 0 Å². The number of ether oxygens (including phenoxy) is 3. The summed E-state index contributed by atoms with van der Waals surface area (Å²) in [6, 6.07) is 9.65. The van der Waals surface area contributed by atoms with Gasteiger partial charge in [0.15, 0.2) is 23.0 Å². The van der Waals surface area contributed by atoms with Crippen LogP contribution < -0.4 is 19.5 Å². The van der Waals surface area contributed by atoms with Gasteiger partial charge in [-0.25, -0.2) is 0 Å². The van der Waals surface area contributed by atoms with Gasteiger partial charge in [-0.3, -0.25) is 0 Å². The third kappa shape index (κ3) is 4.00. The molecule has 0 aromatic heterocycles. The Kier molecular flexibility index (Phi) is 7.00. The van der Waals surface area contributed by atoms with Crippen LogP contribution in [-0.4, -0.2) is 32.0 Å². The van der Waals surface area contributed by atoms with Gasteiger partial charge in [0.1, 0.15) is 0 Å². The van der Waals surface area contributed by atoms with E-state index in [1.165, 1.54) is 5.56 Å². The molecule has 0 bridgehead atoms. The molecule has 2 N–H and O–H groups in total. The van der Waals surface area contributed by atoms with E-state index in [1.54, 1.807) is 19.2 Å². The lowest BCUT2D eigenvalue weighted by atomic mass is 9.89. The summed E-state index contributed by atoms with van der Waals surface area (Å²) >= 11 is 0. The van der Waals surface area contributed by atoms with E-state index in [0.29, 0.717) is 19.0 Å². The van der Waals surface area contributed by atoms with E-state index in [0.717, 1.165) is 35.6 Å². The molecule has 1 atom stereocenters. The van der Waals surface area contributed by atoms with Crippen LogP contribution in [0.4, 0.5) is 0 Å². The normalized spacial score (nSPS) is 15.6. The lowest BCUT2D eigenvalue weighted by Crippen LogP contribution is -2.30.